The number of likely N-dealkylation sites (tertiary alicyclic amines) is 1. The lowest BCUT2D eigenvalue weighted by molar-refractivity contribution is -0.143. The minimum Gasteiger partial charge on any atom is -0.481 e. The van der Waals surface area contributed by atoms with E-state index < -0.39 is 0 Å². The van der Waals surface area contributed by atoms with Gasteiger partial charge in [-0.15, -0.1) is 0 Å². The minimum atomic E-state index is -0.189. The number of aromatic nitrogens is 1. The van der Waals surface area contributed by atoms with Crippen molar-refractivity contribution in [2.24, 2.45) is 0 Å². The molecule has 1 aromatic rings. The number of hydrogen-bond donors (Lipinski definition) is 1. The molecule has 0 bridgehead atoms. The van der Waals surface area contributed by atoms with Gasteiger partial charge in [-0.25, -0.2) is 4.98 Å². The molecule has 1 spiro atoms. The second kappa shape index (κ2) is 6.30. The van der Waals surface area contributed by atoms with E-state index in [2.05, 4.69) is 9.88 Å². The summed E-state index contributed by atoms with van der Waals surface area (Å²) >= 11 is 0. The lowest BCUT2D eigenvalue weighted by atomic mass is 9.83. The van der Waals surface area contributed by atoms with Gasteiger partial charge in [-0.2, -0.15) is 0 Å². The van der Waals surface area contributed by atoms with Crippen LogP contribution in [0.5, 0.6) is 5.88 Å². The van der Waals surface area contributed by atoms with Gasteiger partial charge in [-0.05, 0) is 25.3 Å². The molecule has 1 atom stereocenters. The first kappa shape index (κ1) is 14.8. The molecule has 116 valence electrons. The van der Waals surface area contributed by atoms with Crippen LogP contribution >= 0.6 is 0 Å². The summed E-state index contributed by atoms with van der Waals surface area (Å²) < 4.78 is 11.2. The van der Waals surface area contributed by atoms with Gasteiger partial charge in [-0.1, -0.05) is 6.07 Å². The van der Waals surface area contributed by atoms with Crippen LogP contribution in [0.2, 0.25) is 0 Å². The monoisotopic (exact) mass is 292 g/mol. The SMILES string of the molecule is COc1cccc(CN2CCC3(CC2)CC(O)CCO3)n1. The molecular weight excluding hydrogens is 268 g/mol. The highest BCUT2D eigenvalue weighted by atomic mass is 16.5. The zero-order valence-corrected chi connectivity index (χ0v) is 12.6. The number of piperidine rings is 1. The minimum absolute atomic E-state index is 0.0873. The van der Waals surface area contributed by atoms with E-state index in [1.54, 1.807) is 7.11 Å². The molecule has 5 heteroatoms. The molecule has 3 heterocycles. The Morgan fingerprint density at radius 2 is 2.24 bits per heavy atom. The third-order valence-corrected chi connectivity index (χ3v) is 4.61. The van der Waals surface area contributed by atoms with Crippen LogP contribution in [0.3, 0.4) is 0 Å². The number of hydrogen-bond acceptors (Lipinski definition) is 5. The van der Waals surface area contributed by atoms with E-state index in [4.69, 9.17) is 9.47 Å². The summed E-state index contributed by atoms with van der Waals surface area (Å²) in [5, 5.41) is 9.87. The first-order chi connectivity index (χ1) is 10.2. The van der Waals surface area contributed by atoms with Crippen molar-refractivity contribution in [3.05, 3.63) is 23.9 Å². The largest absolute Gasteiger partial charge is 0.481 e. The van der Waals surface area contributed by atoms with Crippen molar-refractivity contribution in [1.29, 1.82) is 0 Å². The highest BCUT2D eigenvalue weighted by molar-refractivity contribution is 5.15. The molecule has 0 radical (unpaired) electrons. The van der Waals surface area contributed by atoms with Crippen molar-refractivity contribution in [2.75, 3.05) is 26.8 Å². The molecule has 2 fully saturated rings. The van der Waals surface area contributed by atoms with E-state index in [9.17, 15) is 5.11 Å². The fraction of sp³-hybridized carbons (Fsp3) is 0.688. The quantitative estimate of drug-likeness (QED) is 0.917. The van der Waals surface area contributed by atoms with E-state index in [0.29, 0.717) is 12.5 Å². The van der Waals surface area contributed by atoms with Crippen molar-refractivity contribution in [3.8, 4) is 5.88 Å². The molecule has 1 aromatic heterocycles. The Labute approximate surface area is 125 Å². The summed E-state index contributed by atoms with van der Waals surface area (Å²) in [6.45, 7) is 3.52. The summed E-state index contributed by atoms with van der Waals surface area (Å²) in [6, 6.07) is 5.88. The smallest absolute Gasteiger partial charge is 0.213 e. The summed E-state index contributed by atoms with van der Waals surface area (Å²) in [4.78, 5) is 6.87. The molecule has 5 nitrogen and oxygen atoms in total. The maximum Gasteiger partial charge on any atom is 0.213 e. The topological polar surface area (TPSA) is 54.8 Å². The lowest BCUT2D eigenvalue weighted by Gasteiger charge is -2.45. The third-order valence-electron chi connectivity index (χ3n) is 4.61. The maximum atomic E-state index is 9.87. The number of aliphatic hydroxyl groups is 1. The maximum absolute atomic E-state index is 9.87. The van der Waals surface area contributed by atoms with Crippen molar-refractivity contribution in [3.63, 3.8) is 0 Å². The van der Waals surface area contributed by atoms with Crippen molar-refractivity contribution in [2.45, 2.75) is 43.9 Å². The Balaban J connectivity index is 1.56. The van der Waals surface area contributed by atoms with Crippen LogP contribution < -0.4 is 4.74 Å². The van der Waals surface area contributed by atoms with E-state index in [1.807, 2.05) is 18.2 Å². The van der Waals surface area contributed by atoms with Gasteiger partial charge in [0.05, 0.1) is 24.5 Å². The molecule has 2 aliphatic rings. The molecule has 3 rings (SSSR count). The molecule has 2 aliphatic heterocycles. The van der Waals surface area contributed by atoms with E-state index >= 15 is 0 Å². The Morgan fingerprint density at radius 3 is 2.95 bits per heavy atom. The highest BCUT2D eigenvalue weighted by Crippen LogP contribution is 2.35. The average Bonchev–Trinajstić information content (AvgIpc) is 2.50. The van der Waals surface area contributed by atoms with Gasteiger partial charge in [0, 0.05) is 38.7 Å². The number of pyridine rings is 1. The first-order valence-electron chi connectivity index (χ1n) is 7.73. The normalized spacial score (nSPS) is 25.9. The molecule has 2 saturated heterocycles. The van der Waals surface area contributed by atoms with Gasteiger partial charge < -0.3 is 14.6 Å². The molecule has 0 saturated carbocycles. The van der Waals surface area contributed by atoms with Crippen LogP contribution in [-0.2, 0) is 11.3 Å². The Kier molecular flexibility index (Phi) is 4.42. The molecule has 0 amide bonds. The second-order valence-corrected chi connectivity index (χ2v) is 6.13. The van der Waals surface area contributed by atoms with Gasteiger partial charge >= 0.3 is 0 Å². The van der Waals surface area contributed by atoms with E-state index in [1.165, 1.54) is 0 Å². The van der Waals surface area contributed by atoms with Gasteiger partial charge in [0.2, 0.25) is 5.88 Å². The fourth-order valence-electron chi connectivity index (χ4n) is 3.36. The van der Waals surface area contributed by atoms with Crippen molar-refractivity contribution < 1.29 is 14.6 Å². The van der Waals surface area contributed by atoms with Crippen LogP contribution in [0, 0.1) is 0 Å². The zero-order chi connectivity index (χ0) is 14.7. The summed E-state index contributed by atoms with van der Waals surface area (Å²) in [7, 11) is 1.64. The van der Waals surface area contributed by atoms with Crippen molar-refractivity contribution in [1.82, 2.24) is 9.88 Å². The molecule has 0 aromatic carbocycles. The van der Waals surface area contributed by atoms with Crippen LogP contribution in [0.4, 0.5) is 0 Å². The summed E-state index contributed by atoms with van der Waals surface area (Å²) in [6.07, 6.45) is 3.37. The molecule has 21 heavy (non-hydrogen) atoms. The fourth-order valence-corrected chi connectivity index (χ4v) is 3.36. The van der Waals surface area contributed by atoms with Crippen LogP contribution in [-0.4, -0.2) is 53.5 Å². The van der Waals surface area contributed by atoms with Gasteiger partial charge in [-0.3, -0.25) is 4.90 Å². The summed E-state index contributed by atoms with van der Waals surface area (Å²) in [5.74, 6) is 0.666. The summed E-state index contributed by atoms with van der Waals surface area (Å²) in [5.41, 5.74) is 0.950. The van der Waals surface area contributed by atoms with Crippen LogP contribution in [0.25, 0.3) is 0 Å². The molecular formula is C16H24N2O3. The Morgan fingerprint density at radius 1 is 1.43 bits per heavy atom. The Bertz CT molecular complexity index is 472. The first-order valence-corrected chi connectivity index (χ1v) is 7.73. The van der Waals surface area contributed by atoms with Crippen LogP contribution in [0.15, 0.2) is 18.2 Å². The van der Waals surface area contributed by atoms with Gasteiger partial charge in [0.25, 0.3) is 0 Å². The van der Waals surface area contributed by atoms with Gasteiger partial charge in [0.15, 0.2) is 0 Å². The molecule has 1 unspecified atom stereocenters. The van der Waals surface area contributed by atoms with Gasteiger partial charge in [0.1, 0.15) is 0 Å². The van der Waals surface area contributed by atoms with E-state index in [0.717, 1.165) is 51.0 Å². The lowest BCUT2D eigenvalue weighted by Crippen LogP contribution is -2.50. The van der Waals surface area contributed by atoms with E-state index in [-0.39, 0.29) is 11.7 Å². The Hall–Kier alpha value is -1.17. The highest BCUT2D eigenvalue weighted by Gasteiger charge is 2.39. The average molecular weight is 292 g/mol. The number of nitrogens with zero attached hydrogens (tertiary/aromatic N) is 2. The number of ether oxygens (including phenoxy) is 2. The number of aliphatic hydroxyl groups excluding tert-OH is 1. The molecule has 0 aliphatic carbocycles. The standard InChI is InChI=1S/C16H24N2O3/c1-20-15-4-2-3-13(17-15)12-18-8-6-16(7-9-18)11-14(19)5-10-21-16/h2-4,14,19H,5-12H2,1H3. The predicted octanol–water partition coefficient (Wildman–Crippen LogP) is 1.60. The van der Waals surface area contributed by atoms with Crippen LogP contribution in [0.1, 0.15) is 31.4 Å². The van der Waals surface area contributed by atoms with Crippen molar-refractivity contribution >= 4 is 0 Å². The third kappa shape index (κ3) is 3.54. The number of methoxy groups -OCH3 is 1. The predicted molar refractivity (Wildman–Crippen MR) is 79.2 cm³/mol. The number of rotatable bonds is 3. The zero-order valence-electron chi connectivity index (χ0n) is 12.6. The second-order valence-electron chi connectivity index (χ2n) is 6.13. The molecule has 1 N–H and O–H groups in total.